The molecule has 0 radical (unpaired) electrons. The minimum Gasteiger partial charge on any atom is -0.316 e. The van der Waals surface area contributed by atoms with E-state index in [-0.39, 0.29) is 0 Å². The van der Waals surface area contributed by atoms with Crippen LogP contribution in [0.5, 0.6) is 0 Å². The second kappa shape index (κ2) is 6.09. The zero-order valence-corrected chi connectivity index (χ0v) is 13.1. The van der Waals surface area contributed by atoms with E-state index in [4.69, 9.17) is 0 Å². The molecule has 1 aromatic carbocycles. The molecule has 1 aliphatic rings. The summed E-state index contributed by atoms with van der Waals surface area (Å²) in [6.45, 7) is 11.4. The van der Waals surface area contributed by atoms with Gasteiger partial charge in [-0.05, 0) is 51.1 Å². The molecular weight excluding hydrogens is 230 g/mol. The highest BCUT2D eigenvalue weighted by atomic mass is 14.9. The molecule has 0 aliphatic heterocycles. The van der Waals surface area contributed by atoms with Crippen LogP contribution in [0, 0.1) is 19.8 Å². The van der Waals surface area contributed by atoms with Crippen LogP contribution in [0.3, 0.4) is 0 Å². The van der Waals surface area contributed by atoms with Crippen molar-refractivity contribution in [2.24, 2.45) is 5.92 Å². The van der Waals surface area contributed by atoms with Gasteiger partial charge >= 0.3 is 0 Å². The Labute approximate surface area is 118 Å². The third kappa shape index (κ3) is 3.02. The Balaban J connectivity index is 2.31. The van der Waals surface area contributed by atoms with Gasteiger partial charge < -0.3 is 5.32 Å². The molecule has 0 aromatic heterocycles. The minimum absolute atomic E-state index is 0.367. The fourth-order valence-corrected chi connectivity index (χ4v) is 3.79. The summed E-state index contributed by atoms with van der Waals surface area (Å²) in [5.41, 5.74) is 4.75. The summed E-state index contributed by atoms with van der Waals surface area (Å²) < 4.78 is 0. The summed E-state index contributed by atoms with van der Waals surface area (Å²) in [6.07, 6.45) is 5.31. The van der Waals surface area contributed by atoms with Crippen molar-refractivity contribution >= 4 is 0 Å². The highest BCUT2D eigenvalue weighted by molar-refractivity contribution is 5.36. The fraction of sp³-hybridized carbons (Fsp3) is 0.667. The lowest BCUT2D eigenvalue weighted by atomic mass is 9.72. The molecule has 2 atom stereocenters. The van der Waals surface area contributed by atoms with Gasteiger partial charge in [-0.1, -0.05) is 49.6 Å². The normalized spacial score (nSPS) is 26.8. The first-order valence-electron chi connectivity index (χ1n) is 7.88. The Morgan fingerprint density at radius 1 is 1.21 bits per heavy atom. The maximum atomic E-state index is 3.69. The van der Waals surface area contributed by atoms with Gasteiger partial charge in [0.1, 0.15) is 0 Å². The first-order chi connectivity index (χ1) is 9.08. The quantitative estimate of drug-likeness (QED) is 0.775. The fourth-order valence-electron chi connectivity index (χ4n) is 3.79. The molecule has 0 heterocycles. The van der Waals surface area contributed by atoms with Crippen molar-refractivity contribution in [3.05, 3.63) is 34.9 Å². The van der Waals surface area contributed by atoms with Gasteiger partial charge in [-0.2, -0.15) is 0 Å². The summed E-state index contributed by atoms with van der Waals surface area (Å²) in [5.74, 6) is 0.790. The van der Waals surface area contributed by atoms with Crippen molar-refractivity contribution in [1.82, 2.24) is 5.32 Å². The van der Waals surface area contributed by atoms with E-state index in [1.807, 2.05) is 0 Å². The molecule has 2 rings (SSSR count). The molecule has 106 valence electrons. The van der Waals surface area contributed by atoms with Crippen LogP contribution in [0.25, 0.3) is 0 Å². The average Bonchev–Trinajstić information content (AvgIpc) is 2.71. The van der Waals surface area contributed by atoms with Gasteiger partial charge in [0.05, 0.1) is 0 Å². The molecule has 1 fully saturated rings. The summed E-state index contributed by atoms with van der Waals surface area (Å²) in [6, 6.07) is 7.13. The highest BCUT2D eigenvalue weighted by Gasteiger charge is 2.41. The summed E-state index contributed by atoms with van der Waals surface area (Å²) in [5, 5.41) is 3.69. The van der Waals surface area contributed by atoms with Crippen LogP contribution in [-0.4, -0.2) is 13.1 Å². The zero-order valence-electron chi connectivity index (χ0n) is 13.1. The predicted octanol–water partition coefficient (Wildman–Crippen LogP) is 4.36. The number of nitrogens with one attached hydrogen (secondary N) is 1. The first kappa shape index (κ1) is 14.6. The first-order valence-corrected chi connectivity index (χ1v) is 7.88. The second-order valence-corrected chi connectivity index (χ2v) is 6.50. The number of hydrogen-bond donors (Lipinski definition) is 1. The standard InChI is InChI=1S/C18H29N/c1-5-9-19-13-18(8-6-7-16(18)4)17-11-14(2)10-15(3)12-17/h10-12,16,19H,5-9,13H2,1-4H3. The monoisotopic (exact) mass is 259 g/mol. The van der Waals surface area contributed by atoms with Crippen LogP contribution < -0.4 is 5.32 Å². The average molecular weight is 259 g/mol. The maximum absolute atomic E-state index is 3.69. The molecule has 0 bridgehead atoms. The third-order valence-electron chi connectivity index (χ3n) is 4.87. The smallest absolute Gasteiger partial charge is 0.0103 e. The molecule has 1 heteroatoms. The number of hydrogen-bond acceptors (Lipinski definition) is 1. The van der Waals surface area contributed by atoms with E-state index in [9.17, 15) is 0 Å². The Hall–Kier alpha value is -0.820. The number of benzene rings is 1. The van der Waals surface area contributed by atoms with E-state index in [0.29, 0.717) is 5.41 Å². The Bertz CT molecular complexity index is 403. The van der Waals surface area contributed by atoms with E-state index >= 15 is 0 Å². The lowest BCUT2D eigenvalue weighted by Gasteiger charge is -2.35. The van der Waals surface area contributed by atoms with Crippen LogP contribution >= 0.6 is 0 Å². The van der Waals surface area contributed by atoms with Crippen LogP contribution in [0.1, 0.15) is 56.2 Å². The molecule has 1 aliphatic carbocycles. The zero-order chi connectivity index (χ0) is 13.9. The van der Waals surface area contributed by atoms with Gasteiger partial charge in [0.2, 0.25) is 0 Å². The largest absolute Gasteiger partial charge is 0.316 e. The van der Waals surface area contributed by atoms with Gasteiger partial charge in [0, 0.05) is 12.0 Å². The Kier molecular flexibility index (Phi) is 4.67. The van der Waals surface area contributed by atoms with Gasteiger partial charge in [0.25, 0.3) is 0 Å². The van der Waals surface area contributed by atoms with Crippen molar-refractivity contribution in [1.29, 1.82) is 0 Å². The molecular formula is C18H29N. The summed E-state index contributed by atoms with van der Waals surface area (Å²) in [7, 11) is 0. The van der Waals surface area contributed by atoms with E-state index in [2.05, 4.69) is 51.2 Å². The number of rotatable bonds is 5. The van der Waals surface area contributed by atoms with Crippen LogP contribution in [-0.2, 0) is 5.41 Å². The van der Waals surface area contributed by atoms with E-state index in [0.717, 1.165) is 19.0 Å². The van der Waals surface area contributed by atoms with Gasteiger partial charge in [0.15, 0.2) is 0 Å². The molecule has 2 unspecified atom stereocenters. The highest BCUT2D eigenvalue weighted by Crippen LogP contribution is 2.45. The van der Waals surface area contributed by atoms with E-state index < -0.39 is 0 Å². The molecule has 0 spiro atoms. The third-order valence-corrected chi connectivity index (χ3v) is 4.87. The number of aryl methyl sites for hydroxylation is 2. The topological polar surface area (TPSA) is 12.0 Å². The molecule has 19 heavy (non-hydrogen) atoms. The SMILES string of the molecule is CCCNCC1(c2cc(C)cc(C)c2)CCCC1C. The van der Waals surface area contributed by atoms with E-state index in [1.165, 1.54) is 36.8 Å². The van der Waals surface area contributed by atoms with Crippen molar-refractivity contribution in [3.8, 4) is 0 Å². The van der Waals surface area contributed by atoms with Crippen LogP contribution in [0.2, 0.25) is 0 Å². The van der Waals surface area contributed by atoms with Crippen LogP contribution in [0.15, 0.2) is 18.2 Å². The van der Waals surface area contributed by atoms with Crippen molar-refractivity contribution in [2.45, 2.75) is 58.8 Å². The summed E-state index contributed by atoms with van der Waals surface area (Å²) >= 11 is 0. The van der Waals surface area contributed by atoms with Gasteiger partial charge in [-0.3, -0.25) is 0 Å². The van der Waals surface area contributed by atoms with Gasteiger partial charge in [-0.15, -0.1) is 0 Å². The van der Waals surface area contributed by atoms with Gasteiger partial charge in [-0.25, -0.2) is 0 Å². The Morgan fingerprint density at radius 2 is 1.89 bits per heavy atom. The van der Waals surface area contributed by atoms with Crippen molar-refractivity contribution in [3.63, 3.8) is 0 Å². The van der Waals surface area contributed by atoms with E-state index in [1.54, 1.807) is 5.56 Å². The molecule has 1 aromatic rings. The van der Waals surface area contributed by atoms with Crippen LogP contribution in [0.4, 0.5) is 0 Å². The minimum atomic E-state index is 0.367. The molecule has 1 N–H and O–H groups in total. The van der Waals surface area contributed by atoms with Crippen molar-refractivity contribution in [2.75, 3.05) is 13.1 Å². The molecule has 0 amide bonds. The predicted molar refractivity (Wildman–Crippen MR) is 83.8 cm³/mol. The Morgan fingerprint density at radius 3 is 2.42 bits per heavy atom. The molecule has 0 saturated heterocycles. The molecule has 1 nitrogen and oxygen atoms in total. The van der Waals surface area contributed by atoms with Crippen molar-refractivity contribution < 1.29 is 0 Å². The lowest BCUT2D eigenvalue weighted by Crippen LogP contribution is -2.40. The second-order valence-electron chi connectivity index (χ2n) is 6.50. The summed E-state index contributed by atoms with van der Waals surface area (Å²) in [4.78, 5) is 0. The lowest BCUT2D eigenvalue weighted by molar-refractivity contribution is 0.318. The maximum Gasteiger partial charge on any atom is 0.0103 e. The molecule has 1 saturated carbocycles.